The van der Waals surface area contributed by atoms with E-state index in [1.54, 1.807) is 0 Å². The van der Waals surface area contributed by atoms with E-state index in [2.05, 4.69) is 17.2 Å². The molecule has 0 bridgehead atoms. The first-order chi connectivity index (χ1) is 7.38. The van der Waals surface area contributed by atoms with Gasteiger partial charge in [0.2, 0.25) is 0 Å². The molecule has 1 atom stereocenters. The second-order valence-corrected chi connectivity index (χ2v) is 3.63. The first-order valence-electron chi connectivity index (χ1n) is 5.63. The highest BCUT2D eigenvalue weighted by molar-refractivity contribution is 5.08. The quantitative estimate of drug-likeness (QED) is 0.673. The lowest BCUT2D eigenvalue weighted by molar-refractivity contribution is 0.282. The topological polar surface area (TPSA) is 45.1 Å². The van der Waals surface area contributed by atoms with E-state index in [1.165, 1.54) is 0 Å². The fourth-order valence-electron chi connectivity index (χ4n) is 1.58. The molecule has 1 rings (SSSR count). The molecular formula is C12H20N2O. The maximum absolute atomic E-state index is 8.72. The average Bonchev–Trinajstić information content (AvgIpc) is 2.29. The smallest absolute Gasteiger partial charge is 0.0573 e. The molecule has 15 heavy (non-hydrogen) atoms. The number of aliphatic hydroxyl groups is 1. The zero-order chi connectivity index (χ0) is 10.9. The molecule has 2 N–H and O–H groups in total. The maximum Gasteiger partial charge on any atom is 0.0573 e. The van der Waals surface area contributed by atoms with Gasteiger partial charge in [-0.15, -0.1) is 0 Å². The predicted molar refractivity (Wildman–Crippen MR) is 61.6 cm³/mol. The van der Waals surface area contributed by atoms with Gasteiger partial charge in [0, 0.05) is 18.8 Å². The molecule has 0 spiro atoms. The normalized spacial score (nSPS) is 12.7. The highest BCUT2D eigenvalue weighted by Gasteiger charge is 2.09. The molecule has 3 heteroatoms. The SMILES string of the molecule is CCCC(NCCCO)c1ccccn1. The van der Waals surface area contributed by atoms with Crippen LogP contribution in [0.3, 0.4) is 0 Å². The second-order valence-electron chi connectivity index (χ2n) is 3.63. The Bertz CT molecular complexity index is 251. The van der Waals surface area contributed by atoms with Gasteiger partial charge in [0.25, 0.3) is 0 Å². The Kier molecular flexibility index (Phi) is 5.97. The third-order valence-electron chi connectivity index (χ3n) is 2.35. The highest BCUT2D eigenvalue weighted by atomic mass is 16.3. The van der Waals surface area contributed by atoms with Gasteiger partial charge in [0.1, 0.15) is 0 Å². The van der Waals surface area contributed by atoms with E-state index in [1.807, 2.05) is 24.4 Å². The van der Waals surface area contributed by atoms with Crippen LogP contribution in [0.2, 0.25) is 0 Å². The lowest BCUT2D eigenvalue weighted by Crippen LogP contribution is -2.23. The lowest BCUT2D eigenvalue weighted by atomic mass is 10.1. The summed E-state index contributed by atoms with van der Waals surface area (Å²) in [5.74, 6) is 0. The largest absolute Gasteiger partial charge is 0.396 e. The summed E-state index contributed by atoms with van der Waals surface area (Å²) in [6, 6.07) is 6.31. The molecule has 1 aromatic heterocycles. The standard InChI is InChI=1S/C12H20N2O/c1-2-6-11(14-9-5-10-15)12-7-3-4-8-13-12/h3-4,7-8,11,14-15H,2,5-6,9-10H2,1H3. The summed E-state index contributed by atoms with van der Waals surface area (Å²) in [6.45, 7) is 3.26. The van der Waals surface area contributed by atoms with E-state index in [4.69, 9.17) is 5.11 Å². The Morgan fingerprint density at radius 2 is 2.33 bits per heavy atom. The summed E-state index contributed by atoms with van der Waals surface area (Å²) in [6.07, 6.45) is 4.84. The second kappa shape index (κ2) is 7.37. The van der Waals surface area contributed by atoms with Gasteiger partial charge < -0.3 is 10.4 Å². The van der Waals surface area contributed by atoms with Crippen molar-refractivity contribution in [3.63, 3.8) is 0 Å². The summed E-state index contributed by atoms with van der Waals surface area (Å²) in [5.41, 5.74) is 1.09. The van der Waals surface area contributed by atoms with Crippen molar-refractivity contribution >= 4 is 0 Å². The van der Waals surface area contributed by atoms with Crippen LogP contribution in [-0.4, -0.2) is 23.2 Å². The number of nitrogens with one attached hydrogen (secondary N) is 1. The molecule has 0 amide bonds. The summed E-state index contributed by atoms with van der Waals surface area (Å²) >= 11 is 0. The van der Waals surface area contributed by atoms with Crippen LogP contribution in [-0.2, 0) is 0 Å². The Morgan fingerprint density at radius 1 is 1.47 bits per heavy atom. The number of hydrogen-bond donors (Lipinski definition) is 2. The molecule has 1 aromatic rings. The first-order valence-corrected chi connectivity index (χ1v) is 5.63. The van der Waals surface area contributed by atoms with E-state index in [0.29, 0.717) is 6.04 Å². The molecule has 0 radical (unpaired) electrons. The van der Waals surface area contributed by atoms with Gasteiger partial charge in [-0.05, 0) is 31.5 Å². The van der Waals surface area contributed by atoms with Gasteiger partial charge in [-0.3, -0.25) is 4.98 Å². The molecule has 0 aliphatic rings. The maximum atomic E-state index is 8.72. The first kappa shape index (κ1) is 12.1. The third kappa shape index (κ3) is 4.40. The van der Waals surface area contributed by atoms with E-state index in [9.17, 15) is 0 Å². The van der Waals surface area contributed by atoms with Gasteiger partial charge in [-0.2, -0.15) is 0 Å². The van der Waals surface area contributed by atoms with Crippen LogP contribution in [0.4, 0.5) is 0 Å². The van der Waals surface area contributed by atoms with Gasteiger partial charge in [-0.1, -0.05) is 19.4 Å². The predicted octanol–water partition coefficient (Wildman–Crippen LogP) is 1.89. The minimum absolute atomic E-state index is 0.244. The van der Waals surface area contributed by atoms with Crippen LogP contribution < -0.4 is 5.32 Å². The molecule has 0 saturated heterocycles. The molecule has 0 aromatic carbocycles. The molecule has 0 aliphatic heterocycles. The van der Waals surface area contributed by atoms with Crippen molar-refractivity contribution in [3.05, 3.63) is 30.1 Å². The fourth-order valence-corrected chi connectivity index (χ4v) is 1.58. The Morgan fingerprint density at radius 3 is 2.93 bits per heavy atom. The fraction of sp³-hybridized carbons (Fsp3) is 0.583. The van der Waals surface area contributed by atoms with E-state index < -0.39 is 0 Å². The van der Waals surface area contributed by atoms with Crippen LogP contribution in [0.25, 0.3) is 0 Å². The van der Waals surface area contributed by atoms with E-state index in [-0.39, 0.29) is 6.61 Å². The van der Waals surface area contributed by atoms with E-state index >= 15 is 0 Å². The number of aromatic nitrogens is 1. The molecule has 0 saturated carbocycles. The Labute approximate surface area is 91.5 Å². The average molecular weight is 208 g/mol. The van der Waals surface area contributed by atoms with Crippen LogP contribution >= 0.6 is 0 Å². The zero-order valence-electron chi connectivity index (χ0n) is 9.32. The van der Waals surface area contributed by atoms with Crippen LogP contribution in [0.1, 0.15) is 37.9 Å². The van der Waals surface area contributed by atoms with Crippen molar-refractivity contribution in [1.29, 1.82) is 0 Å². The third-order valence-corrected chi connectivity index (χ3v) is 2.35. The van der Waals surface area contributed by atoms with Gasteiger partial charge >= 0.3 is 0 Å². The van der Waals surface area contributed by atoms with Crippen molar-refractivity contribution in [2.75, 3.05) is 13.2 Å². The molecule has 1 heterocycles. The monoisotopic (exact) mass is 208 g/mol. The lowest BCUT2D eigenvalue weighted by Gasteiger charge is -2.17. The van der Waals surface area contributed by atoms with Gasteiger partial charge in [0.05, 0.1) is 5.69 Å². The van der Waals surface area contributed by atoms with Crippen molar-refractivity contribution < 1.29 is 5.11 Å². The minimum atomic E-state index is 0.244. The number of rotatable bonds is 7. The van der Waals surface area contributed by atoms with Crippen LogP contribution in [0.15, 0.2) is 24.4 Å². The Balaban J connectivity index is 2.50. The van der Waals surface area contributed by atoms with E-state index in [0.717, 1.165) is 31.5 Å². The number of aliphatic hydroxyl groups excluding tert-OH is 1. The summed E-state index contributed by atoms with van der Waals surface area (Å²) < 4.78 is 0. The van der Waals surface area contributed by atoms with Crippen molar-refractivity contribution in [2.45, 2.75) is 32.2 Å². The summed E-state index contributed by atoms with van der Waals surface area (Å²) in [4.78, 5) is 4.35. The number of hydrogen-bond acceptors (Lipinski definition) is 3. The minimum Gasteiger partial charge on any atom is -0.396 e. The van der Waals surface area contributed by atoms with Gasteiger partial charge in [0.15, 0.2) is 0 Å². The zero-order valence-corrected chi connectivity index (χ0v) is 9.32. The Hall–Kier alpha value is -0.930. The molecule has 84 valence electrons. The van der Waals surface area contributed by atoms with Crippen LogP contribution in [0, 0.1) is 0 Å². The summed E-state index contributed by atoms with van der Waals surface area (Å²) in [7, 11) is 0. The number of pyridine rings is 1. The van der Waals surface area contributed by atoms with Crippen molar-refractivity contribution in [3.8, 4) is 0 Å². The van der Waals surface area contributed by atoms with Gasteiger partial charge in [-0.25, -0.2) is 0 Å². The highest BCUT2D eigenvalue weighted by Crippen LogP contribution is 2.15. The molecular weight excluding hydrogens is 188 g/mol. The molecule has 0 fully saturated rings. The summed E-state index contributed by atoms with van der Waals surface area (Å²) in [5, 5.41) is 12.1. The molecule has 3 nitrogen and oxygen atoms in total. The van der Waals surface area contributed by atoms with Crippen LogP contribution in [0.5, 0.6) is 0 Å². The molecule has 0 aliphatic carbocycles. The number of nitrogens with zero attached hydrogens (tertiary/aromatic N) is 1. The van der Waals surface area contributed by atoms with Crippen molar-refractivity contribution in [2.24, 2.45) is 0 Å². The van der Waals surface area contributed by atoms with Crippen molar-refractivity contribution in [1.82, 2.24) is 10.3 Å². The molecule has 1 unspecified atom stereocenters.